The van der Waals surface area contributed by atoms with E-state index in [0.29, 0.717) is 17.1 Å². The van der Waals surface area contributed by atoms with E-state index in [4.69, 9.17) is 16.0 Å². The van der Waals surface area contributed by atoms with Gasteiger partial charge in [0.1, 0.15) is 10.8 Å². The van der Waals surface area contributed by atoms with Crippen molar-refractivity contribution in [2.75, 3.05) is 5.32 Å². The normalized spacial score (nSPS) is 10.3. The van der Waals surface area contributed by atoms with Gasteiger partial charge in [-0.25, -0.2) is 4.98 Å². The van der Waals surface area contributed by atoms with Crippen LogP contribution in [0.3, 0.4) is 0 Å². The summed E-state index contributed by atoms with van der Waals surface area (Å²) in [6, 6.07) is 11.9. The van der Waals surface area contributed by atoms with Gasteiger partial charge in [-0.1, -0.05) is 23.7 Å². The third kappa shape index (κ3) is 3.06. The van der Waals surface area contributed by atoms with E-state index in [-0.39, 0.29) is 16.8 Å². The average molecular weight is 301 g/mol. The Labute approximate surface area is 124 Å². The summed E-state index contributed by atoms with van der Waals surface area (Å²) < 4.78 is 5.12. The van der Waals surface area contributed by atoms with Gasteiger partial charge < -0.3 is 9.73 Å². The number of rotatable bonds is 3. The van der Waals surface area contributed by atoms with Gasteiger partial charge in [-0.2, -0.15) is 0 Å². The predicted octanol–water partition coefficient (Wildman–Crippen LogP) is 3.04. The van der Waals surface area contributed by atoms with Crippen LogP contribution >= 0.6 is 11.6 Å². The van der Waals surface area contributed by atoms with Crippen molar-refractivity contribution in [3.8, 4) is 11.5 Å². The first-order chi connectivity index (χ1) is 10.2. The van der Waals surface area contributed by atoms with Crippen molar-refractivity contribution in [2.24, 2.45) is 0 Å². The Kier molecular flexibility index (Phi) is 3.61. The van der Waals surface area contributed by atoms with E-state index >= 15 is 0 Å². The van der Waals surface area contributed by atoms with Crippen molar-refractivity contribution in [3.05, 3.63) is 59.7 Å². The van der Waals surface area contributed by atoms with Crippen LogP contribution in [0.2, 0.25) is 5.15 Å². The van der Waals surface area contributed by atoms with Gasteiger partial charge in [0.2, 0.25) is 12.3 Å². The summed E-state index contributed by atoms with van der Waals surface area (Å²) in [6.07, 6.45) is 1.25. The molecule has 1 amide bonds. The second kappa shape index (κ2) is 5.72. The van der Waals surface area contributed by atoms with Crippen molar-refractivity contribution in [1.82, 2.24) is 15.2 Å². The zero-order chi connectivity index (χ0) is 14.7. The third-order valence-electron chi connectivity index (χ3n) is 2.68. The Hall–Kier alpha value is -2.73. The molecule has 0 bridgehead atoms. The van der Waals surface area contributed by atoms with Gasteiger partial charge in [-0.3, -0.25) is 4.79 Å². The molecular formula is C14H9ClN4O2. The summed E-state index contributed by atoms with van der Waals surface area (Å²) >= 11 is 5.77. The monoisotopic (exact) mass is 300 g/mol. The smallest absolute Gasteiger partial charge is 0.274 e. The van der Waals surface area contributed by atoms with Gasteiger partial charge in [0.25, 0.3) is 5.91 Å². The molecule has 3 rings (SSSR count). The molecule has 0 saturated carbocycles. The lowest BCUT2D eigenvalue weighted by Gasteiger charge is -2.05. The highest BCUT2D eigenvalue weighted by Gasteiger charge is 2.10. The van der Waals surface area contributed by atoms with E-state index in [0.717, 1.165) is 0 Å². The molecule has 0 saturated heterocycles. The highest BCUT2D eigenvalue weighted by molar-refractivity contribution is 6.29. The molecule has 21 heavy (non-hydrogen) atoms. The molecule has 104 valence electrons. The van der Waals surface area contributed by atoms with Crippen LogP contribution in [0.25, 0.3) is 11.5 Å². The molecule has 1 aromatic carbocycles. The molecule has 2 heterocycles. The average Bonchev–Trinajstić information content (AvgIpc) is 3.02. The van der Waals surface area contributed by atoms with E-state index in [1.165, 1.54) is 6.39 Å². The second-order valence-electron chi connectivity index (χ2n) is 4.12. The summed E-state index contributed by atoms with van der Waals surface area (Å²) in [7, 11) is 0. The number of benzene rings is 1. The molecule has 0 radical (unpaired) electrons. The number of anilines is 1. The first-order valence-electron chi connectivity index (χ1n) is 6.03. The van der Waals surface area contributed by atoms with E-state index in [1.54, 1.807) is 42.5 Å². The number of hydrogen-bond donors (Lipinski definition) is 1. The molecule has 0 aliphatic carbocycles. The lowest BCUT2D eigenvalue weighted by atomic mass is 10.2. The third-order valence-corrected chi connectivity index (χ3v) is 2.89. The fourth-order valence-electron chi connectivity index (χ4n) is 1.76. The Balaban J connectivity index is 1.82. The molecule has 0 unspecified atom stereocenters. The topological polar surface area (TPSA) is 80.9 Å². The Morgan fingerprint density at radius 3 is 2.81 bits per heavy atom. The van der Waals surface area contributed by atoms with E-state index in [9.17, 15) is 4.79 Å². The fourth-order valence-corrected chi connectivity index (χ4v) is 1.92. The number of pyridine rings is 1. The number of aromatic nitrogens is 3. The fraction of sp³-hybridized carbons (Fsp3) is 0. The molecule has 1 N–H and O–H groups in total. The first-order valence-corrected chi connectivity index (χ1v) is 6.41. The molecule has 2 aromatic heterocycles. The van der Waals surface area contributed by atoms with Crippen molar-refractivity contribution in [3.63, 3.8) is 0 Å². The molecular weight excluding hydrogens is 292 g/mol. The van der Waals surface area contributed by atoms with Crippen LogP contribution in [-0.2, 0) is 0 Å². The molecule has 0 atom stereocenters. The van der Waals surface area contributed by atoms with Crippen molar-refractivity contribution in [1.29, 1.82) is 0 Å². The minimum absolute atomic E-state index is 0.241. The number of carbonyl (C=O) groups is 1. The number of amides is 1. The van der Waals surface area contributed by atoms with Crippen LogP contribution in [0.1, 0.15) is 10.5 Å². The SMILES string of the molecule is O=C(Nc1cccc(-c2nnco2)c1)c1cccc(Cl)n1. The summed E-state index contributed by atoms with van der Waals surface area (Å²) in [5.41, 5.74) is 1.55. The molecule has 0 fully saturated rings. The minimum atomic E-state index is -0.347. The van der Waals surface area contributed by atoms with Crippen molar-refractivity contribution < 1.29 is 9.21 Å². The Morgan fingerprint density at radius 2 is 2.05 bits per heavy atom. The minimum Gasteiger partial charge on any atom is -0.423 e. The molecule has 6 nitrogen and oxygen atoms in total. The zero-order valence-electron chi connectivity index (χ0n) is 10.7. The van der Waals surface area contributed by atoms with Crippen LogP contribution in [-0.4, -0.2) is 21.1 Å². The van der Waals surface area contributed by atoms with E-state index in [2.05, 4.69) is 20.5 Å². The van der Waals surface area contributed by atoms with Crippen molar-refractivity contribution in [2.45, 2.75) is 0 Å². The highest BCUT2D eigenvalue weighted by Crippen LogP contribution is 2.20. The van der Waals surface area contributed by atoms with Gasteiger partial charge in [-0.15, -0.1) is 10.2 Å². The van der Waals surface area contributed by atoms with Gasteiger partial charge in [0, 0.05) is 11.3 Å². The van der Waals surface area contributed by atoms with Crippen LogP contribution in [0.15, 0.2) is 53.3 Å². The lowest BCUT2D eigenvalue weighted by molar-refractivity contribution is 0.102. The zero-order valence-corrected chi connectivity index (χ0v) is 11.4. The number of halogens is 1. The van der Waals surface area contributed by atoms with Gasteiger partial charge >= 0.3 is 0 Å². The number of carbonyl (C=O) groups excluding carboxylic acids is 1. The van der Waals surface area contributed by atoms with Gasteiger partial charge in [-0.05, 0) is 30.3 Å². The summed E-state index contributed by atoms with van der Waals surface area (Å²) in [6.45, 7) is 0. The maximum absolute atomic E-state index is 12.1. The number of nitrogens with zero attached hydrogens (tertiary/aromatic N) is 3. The number of nitrogens with one attached hydrogen (secondary N) is 1. The van der Waals surface area contributed by atoms with E-state index < -0.39 is 0 Å². The van der Waals surface area contributed by atoms with Crippen LogP contribution in [0.5, 0.6) is 0 Å². The molecule has 0 aliphatic rings. The largest absolute Gasteiger partial charge is 0.423 e. The second-order valence-corrected chi connectivity index (χ2v) is 4.51. The summed E-state index contributed by atoms with van der Waals surface area (Å²) in [5.74, 6) is 0.0344. The summed E-state index contributed by atoms with van der Waals surface area (Å²) in [4.78, 5) is 16.0. The van der Waals surface area contributed by atoms with Crippen LogP contribution in [0.4, 0.5) is 5.69 Å². The Morgan fingerprint density at radius 1 is 1.19 bits per heavy atom. The molecule has 0 spiro atoms. The van der Waals surface area contributed by atoms with Crippen LogP contribution in [0, 0.1) is 0 Å². The molecule has 3 aromatic rings. The maximum atomic E-state index is 12.1. The Bertz CT molecular complexity index is 774. The standard InChI is InChI=1S/C14H9ClN4O2/c15-12-6-2-5-11(18-12)13(20)17-10-4-1-3-9(7-10)14-19-16-8-21-14/h1-8H,(H,17,20). The lowest BCUT2D eigenvalue weighted by Crippen LogP contribution is -2.13. The van der Waals surface area contributed by atoms with Crippen molar-refractivity contribution >= 4 is 23.2 Å². The molecule has 7 heteroatoms. The van der Waals surface area contributed by atoms with Gasteiger partial charge in [0.15, 0.2) is 0 Å². The number of hydrogen-bond acceptors (Lipinski definition) is 5. The van der Waals surface area contributed by atoms with E-state index in [1.807, 2.05) is 0 Å². The molecule has 0 aliphatic heterocycles. The highest BCUT2D eigenvalue weighted by atomic mass is 35.5. The predicted molar refractivity (Wildman–Crippen MR) is 76.9 cm³/mol. The summed E-state index contributed by atoms with van der Waals surface area (Å²) in [5, 5.41) is 10.4. The van der Waals surface area contributed by atoms with Crippen LogP contribution < -0.4 is 5.32 Å². The quantitative estimate of drug-likeness (QED) is 0.752. The first kappa shape index (κ1) is 13.3. The maximum Gasteiger partial charge on any atom is 0.274 e. The van der Waals surface area contributed by atoms with Gasteiger partial charge in [0.05, 0.1) is 0 Å².